The normalized spacial score (nSPS) is 16.6. The second-order valence-electron chi connectivity index (χ2n) is 7.72. The molecule has 1 saturated carbocycles. The summed E-state index contributed by atoms with van der Waals surface area (Å²) in [6, 6.07) is 10.6. The van der Waals surface area contributed by atoms with Crippen LogP contribution in [-0.2, 0) is 13.6 Å². The number of nitrogens with zero attached hydrogens (tertiary/aromatic N) is 4. The van der Waals surface area contributed by atoms with Crippen LogP contribution < -0.4 is 10.6 Å². The molecule has 1 aromatic carbocycles. The molecular formula is C21H33IN6. The molecule has 1 aliphatic carbocycles. The van der Waals surface area contributed by atoms with Crippen molar-refractivity contribution in [2.45, 2.75) is 59.0 Å². The largest absolute Gasteiger partial charge is 0.356 e. The molecule has 7 heteroatoms. The van der Waals surface area contributed by atoms with E-state index in [2.05, 4.69) is 58.9 Å². The maximum Gasteiger partial charge on any atom is 0.192 e. The highest BCUT2D eigenvalue weighted by molar-refractivity contribution is 14.0. The Hall–Kier alpha value is -1.64. The lowest BCUT2D eigenvalue weighted by Crippen LogP contribution is -2.46. The van der Waals surface area contributed by atoms with Crippen LogP contribution in [0.3, 0.4) is 0 Å². The quantitative estimate of drug-likeness (QED) is 0.344. The van der Waals surface area contributed by atoms with Gasteiger partial charge >= 0.3 is 0 Å². The second kappa shape index (κ2) is 10.2. The number of hydrogen-bond acceptors (Lipinski definition) is 3. The van der Waals surface area contributed by atoms with Crippen molar-refractivity contribution in [1.82, 2.24) is 25.4 Å². The van der Waals surface area contributed by atoms with Crippen LogP contribution in [0.5, 0.6) is 0 Å². The topological polar surface area (TPSA) is 67.1 Å². The van der Waals surface area contributed by atoms with E-state index in [-0.39, 0.29) is 30.0 Å². The molecule has 3 rings (SSSR count). The van der Waals surface area contributed by atoms with Crippen LogP contribution in [0.15, 0.2) is 35.3 Å². The fourth-order valence-electron chi connectivity index (χ4n) is 3.52. The van der Waals surface area contributed by atoms with Crippen molar-refractivity contribution < 1.29 is 0 Å². The Morgan fingerprint density at radius 3 is 2.50 bits per heavy atom. The molecule has 1 heterocycles. The Morgan fingerprint density at radius 2 is 1.96 bits per heavy atom. The molecule has 1 atom stereocenters. The molecular weight excluding hydrogens is 463 g/mol. The Kier molecular flexibility index (Phi) is 8.27. The smallest absolute Gasteiger partial charge is 0.192 e. The molecule has 0 bridgehead atoms. The lowest BCUT2D eigenvalue weighted by atomic mass is 9.67. The highest BCUT2D eigenvalue weighted by Gasteiger charge is 2.35. The van der Waals surface area contributed by atoms with Gasteiger partial charge in [-0.1, -0.05) is 43.7 Å². The predicted octanol–water partition coefficient (Wildman–Crippen LogP) is 4.12. The van der Waals surface area contributed by atoms with Crippen LogP contribution >= 0.6 is 24.0 Å². The van der Waals surface area contributed by atoms with Crippen LogP contribution in [0.1, 0.15) is 62.8 Å². The van der Waals surface area contributed by atoms with Crippen molar-refractivity contribution in [2.24, 2.45) is 17.5 Å². The highest BCUT2D eigenvalue weighted by atomic mass is 127. The standard InChI is InChI=1S/C21H32N6.HI/c1-5-21(12-9-13-21)15-23-20(22-14-19-26-25-17(3)27(19)4)24-16(2)18-10-7-6-8-11-18;/h6-8,10-11,16H,5,9,12-15H2,1-4H3,(H2,22,23,24);1H. The molecule has 0 amide bonds. The van der Waals surface area contributed by atoms with Crippen molar-refractivity contribution in [3.05, 3.63) is 47.5 Å². The number of aryl methyl sites for hydroxylation is 1. The second-order valence-corrected chi connectivity index (χ2v) is 7.72. The van der Waals surface area contributed by atoms with Gasteiger partial charge in [-0.05, 0) is 44.1 Å². The summed E-state index contributed by atoms with van der Waals surface area (Å²) in [5, 5.41) is 15.5. The van der Waals surface area contributed by atoms with Crippen molar-refractivity contribution >= 4 is 29.9 Å². The SMILES string of the molecule is CCC1(CNC(=NCc2nnc(C)n2C)NC(C)c2ccccc2)CCC1.I. The Morgan fingerprint density at radius 1 is 1.25 bits per heavy atom. The summed E-state index contributed by atoms with van der Waals surface area (Å²) in [5.74, 6) is 2.61. The van der Waals surface area contributed by atoms with E-state index in [0.29, 0.717) is 12.0 Å². The number of benzene rings is 1. The van der Waals surface area contributed by atoms with Gasteiger partial charge in [0, 0.05) is 13.6 Å². The van der Waals surface area contributed by atoms with E-state index in [4.69, 9.17) is 4.99 Å². The van der Waals surface area contributed by atoms with Gasteiger partial charge in [0.15, 0.2) is 11.8 Å². The maximum atomic E-state index is 4.80. The predicted molar refractivity (Wildman–Crippen MR) is 125 cm³/mol. The Bertz CT molecular complexity index is 761. The molecule has 0 aliphatic heterocycles. The molecule has 2 aromatic rings. The minimum absolute atomic E-state index is 0. The number of guanidine groups is 1. The van der Waals surface area contributed by atoms with Gasteiger partial charge in [0.2, 0.25) is 0 Å². The summed E-state index contributed by atoms with van der Waals surface area (Å²) in [5.41, 5.74) is 1.68. The molecule has 0 saturated heterocycles. The minimum Gasteiger partial charge on any atom is -0.356 e. The van der Waals surface area contributed by atoms with E-state index in [9.17, 15) is 0 Å². The van der Waals surface area contributed by atoms with Crippen LogP contribution in [0.2, 0.25) is 0 Å². The van der Waals surface area contributed by atoms with Gasteiger partial charge in [-0.3, -0.25) is 0 Å². The van der Waals surface area contributed by atoms with E-state index in [1.54, 1.807) is 0 Å². The van der Waals surface area contributed by atoms with E-state index in [1.807, 2.05) is 24.6 Å². The summed E-state index contributed by atoms with van der Waals surface area (Å²) in [4.78, 5) is 4.80. The number of halogens is 1. The van der Waals surface area contributed by atoms with Gasteiger partial charge in [0.1, 0.15) is 12.4 Å². The third-order valence-corrected chi connectivity index (χ3v) is 6.01. The van der Waals surface area contributed by atoms with Crippen LogP contribution in [0, 0.1) is 12.3 Å². The first-order valence-electron chi connectivity index (χ1n) is 9.98. The lowest BCUT2D eigenvalue weighted by Gasteiger charge is -2.41. The van der Waals surface area contributed by atoms with E-state index in [1.165, 1.54) is 31.2 Å². The molecule has 28 heavy (non-hydrogen) atoms. The molecule has 1 aliphatic rings. The van der Waals surface area contributed by atoms with E-state index >= 15 is 0 Å². The summed E-state index contributed by atoms with van der Waals surface area (Å²) < 4.78 is 1.99. The summed E-state index contributed by atoms with van der Waals surface area (Å²) in [7, 11) is 1.98. The highest BCUT2D eigenvalue weighted by Crippen LogP contribution is 2.43. The zero-order valence-corrected chi connectivity index (χ0v) is 19.7. The fraction of sp³-hybridized carbons (Fsp3) is 0.571. The van der Waals surface area contributed by atoms with Gasteiger partial charge < -0.3 is 15.2 Å². The number of nitrogens with one attached hydrogen (secondary N) is 2. The average Bonchev–Trinajstić information content (AvgIpc) is 2.98. The Balaban J connectivity index is 0.00000280. The maximum absolute atomic E-state index is 4.80. The van der Waals surface area contributed by atoms with Crippen molar-refractivity contribution in [3.63, 3.8) is 0 Å². The minimum atomic E-state index is 0. The third-order valence-electron chi connectivity index (χ3n) is 6.01. The molecule has 1 unspecified atom stereocenters. The zero-order valence-electron chi connectivity index (χ0n) is 17.4. The van der Waals surface area contributed by atoms with Crippen LogP contribution in [0.25, 0.3) is 0 Å². The van der Waals surface area contributed by atoms with E-state index < -0.39 is 0 Å². The third kappa shape index (κ3) is 5.46. The Labute approximate surface area is 185 Å². The van der Waals surface area contributed by atoms with Crippen LogP contribution in [-0.4, -0.2) is 27.3 Å². The van der Waals surface area contributed by atoms with Crippen molar-refractivity contribution in [3.8, 4) is 0 Å². The first kappa shape index (κ1) is 22.6. The summed E-state index contributed by atoms with van der Waals surface area (Å²) in [6.45, 7) is 7.89. The number of aliphatic imine (C=N–C) groups is 1. The van der Waals surface area contributed by atoms with Gasteiger partial charge in [0.25, 0.3) is 0 Å². The van der Waals surface area contributed by atoms with Gasteiger partial charge in [-0.25, -0.2) is 4.99 Å². The first-order chi connectivity index (χ1) is 13.0. The molecule has 154 valence electrons. The zero-order chi connectivity index (χ0) is 19.3. The molecule has 1 fully saturated rings. The first-order valence-corrected chi connectivity index (χ1v) is 9.98. The van der Waals surface area contributed by atoms with Crippen molar-refractivity contribution in [2.75, 3.05) is 6.54 Å². The lowest BCUT2D eigenvalue weighted by molar-refractivity contribution is 0.131. The monoisotopic (exact) mass is 496 g/mol. The van der Waals surface area contributed by atoms with Crippen LogP contribution in [0.4, 0.5) is 0 Å². The number of hydrogen-bond donors (Lipinski definition) is 2. The van der Waals surface area contributed by atoms with Gasteiger partial charge in [-0.15, -0.1) is 34.2 Å². The summed E-state index contributed by atoms with van der Waals surface area (Å²) >= 11 is 0. The fourth-order valence-corrected chi connectivity index (χ4v) is 3.52. The van der Waals surface area contributed by atoms with E-state index in [0.717, 1.165) is 24.2 Å². The number of rotatable bonds is 7. The average molecular weight is 496 g/mol. The van der Waals surface area contributed by atoms with Gasteiger partial charge in [0.05, 0.1) is 6.04 Å². The van der Waals surface area contributed by atoms with Gasteiger partial charge in [-0.2, -0.15) is 0 Å². The molecule has 0 radical (unpaired) electrons. The molecule has 6 nitrogen and oxygen atoms in total. The molecule has 1 aromatic heterocycles. The molecule has 0 spiro atoms. The molecule has 2 N–H and O–H groups in total. The number of aromatic nitrogens is 3. The van der Waals surface area contributed by atoms with Crippen molar-refractivity contribution in [1.29, 1.82) is 0 Å². The summed E-state index contributed by atoms with van der Waals surface area (Å²) in [6.07, 6.45) is 5.17.